The highest BCUT2D eigenvalue weighted by molar-refractivity contribution is 7.98. The van der Waals surface area contributed by atoms with Crippen LogP contribution < -0.4 is 5.32 Å². The predicted octanol–water partition coefficient (Wildman–Crippen LogP) is 4.16. The molecule has 0 saturated carbocycles. The second kappa shape index (κ2) is 8.23. The van der Waals surface area contributed by atoms with E-state index in [0.717, 1.165) is 18.4 Å². The molecule has 3 rings (SSSR count). The smallest absolute Gasteiger partial charge is 0.282 e. The molecule has 0 unspecified atom stereocenters. The van der Waals surface area contributed by atoms with Gasteiger partial charge < -0.3 is 10.2 Å². The average molecular weight is 371 g/mol. The summed E-state index contributed by atoms with van der Waals surface area (Å²) in [7, 11) is 0. The van der Waals surface area contributed by atoms with Gasteiger partial charge in [0.25, 0.3) is 11.6 Å². The molecule has 0 atom stereocenters. The number of benzene rings is 2. The summed E-state index contributed by atoms with van der Waals surface area (Å²) >= 11 is 1.69. The Labute approximate surface area is 156 Å². The number of thioether (sulfide) groups is 1. The Bertz CT molecular complexity index is 802. The molecule has 1 fully saturated rings. The topological polar surface area (TPSA) is 75.5 Å². The van der Waals surface area contributed by atoms with Crippen LogP contribution in [0.25, 0.3) is 0 Å². The van der Waals surface area contributed by atoms with Gasteiger partial charge in [0.2, 0.25) is 0 Å². The molecule has 26 heavy (non-hydrogen) atoms. The molecule has 1 aliphatic rings. The predicted molar refractivity (Wildman–Crippen MR) is 104 cm³/mol. The minimum atomic E-state index is -0.492. The van der Waals surface area contributed by atoms with Gasteiger partial charge in [-0.25, -0.2) is 0 Å². The Hall–Kier alpha value is -2.54. The van der Waals surface area contributed by atoms with Gasteiger partial charge in [-0.2, -0.15) is 0 Å². The third-order valence-corrected chi connectivity index (χ3v) is 5.22. The second-order valence-electron chi connectivity index (χ2n) is 6.19. The largest absolute Gasteiger partial charge is 0.381 e. The fourth-order valence-electron chi connectivity index (χ4n) is 3.01. The zero-order valence-electron chi connectivity index (χ0n) is 14.6. The Kier molecular flexibility index (Phi) is 5.78. The third kappa shape index (κ3) is 4.16. The highest BCUT2D eigenvalue weighted by Crippen LogP contribution is 2.26. The average Bonchev–Trinajstić information content (AvgIpc) is 3.20. The van der Waals surface area contributed by atoms with E-state index in [9.17, 15) is 14.9 Å². The number of nitrogens with one attached hydrogen (secondary N) is 1. The zero-order chi connectivity index (χ0) is 18.5. The molecule has 0 aromatic heterocycles. The van der Waals surface area contributed by atoms with Crippen LogP contribution in [0.15, 0.2) is 47.4 Å². The van der Waals surface area contributed by atoms with Gasteiger partial charge in [-0.15, -0.1) is 11.8 Å². The molecule has 6 nitrogen and oxygen atoms in total. The first-order valence-corrected chi connectivity index (χ1v) is 9.75. The number of anilines is 1. The van der Waals surface area contributed by atoms with Gasteiger partial charge in [0, 0.05) is 36.3 Å². The van der Waals surface area contributed by atoms with E-state index >= 15 is 0 Å². The molecule has 0 aliphatic carbocycles. The molecule has 2 aromatic rings. The van der Waals surface area contributed by atoms with E-state index in [0.29, 0.717) is 25.3 Å². The summed E-state index contributed by atoms with van der Waals surface area (Å²) < 4.78 is 0. The molecule has 1 saturated heterocycles. The van der Waals surface area contributed by atoms with Gasteiger partial charge in [-0.1, -0.05) is 12.1 Å². The highest BCUT2D eigenvalue weighted by atomic mass is 32.2. The third-order valence-electron chi connectivity index (χ3n) is 4.47. The van der Waals surface area contributed by atoms with E-state index in [4.69, 9.17) is 0 Å². The summed E-state index contributed by atoms with van der Waals surface area (Å²) in [6, 6.07) is 12.8. The van der Waals surface area contributed by atoms with Crippen LogP contribution >= 0.6 is 11.8 Å². The fraction of sp³-hybridized carbons (Fsp3) is 0.316. The molecule has 0 spiro atoms. The van der Waals surface area contributed by atoms with Crippen molar-refractivity contribution < 1.29 is 9.72 Å². The minimum Gasteiger partial charge on any atom is -0.381 e. The van der Waals surface area contributed by atoms with Gasteiger partial charge in [0.05, 0.1) is 4.92 Å². The lowest BCUT2D eigenvalue weighted by Crippen LogP contribution is -2.28. The number of carbonyl (C=O) groups excluding carboxylic acids is 1. The van der Waals surface area contributed by atoms with Crippen LogP contribution in [0.1, 0.15) is 28.8 Å². The molecule has 136 valence electrons. The van der Waals surface area contributed by atoms with E-state index < -0.39 is 4.92 Å². The number of rotatable bonds is 6. The van der Waals surface area contributed by atoms with Crippen molar-refractivity contribution in [3.8, 4) is 0 Å². The van der Waals surface area contributed by atoms with E-state index in [1.165, 1.54) is 11.0 Å². The van der Waals surface area contributed by atoms with Crippen molar-refractivity contribution in [2.24, 2.45) is 0 Å². The summed E-state index contributed by atoms with van der Waals surface area (Å²) in [5.74, 6) is -0.262. The SMILES string of the molecule is CSc1ccc(CNc2ccc([N+](=O)[O-])c(C(=O)N3CCCC3)c2)cc1. The van der Waals surface area contributed by atoms with Crippen LogP contribution in [0.4, 0.5) is 11.4 Å². The normalized spacial score (nSPS) is 13.7. The maximum atomic E-state index is 12.7. The summed E-state index contributed by atoms with van der Waals surface area (Å²) in [6.07, 6.45) is 3.93. The van der Waals surface area contributed by atoms with Crippen molar-refractivity contribution >= 4 is 29.0 Å². The molecule has 1 heterocycles. The number of carbonyl (C=O) groups is 1. The molecule has 1 N–H and O–H groups in total. The van der Waals surface area contributed by atoms with Gasteiger partial charge in [0.1, 0.15) is 5.56 Å². The first kappa shape index (κ1) is 18.3. The number of likely N-dealkylation sites (tertiary alicyclic amines) is 1. The standard InChI is InChI=1S/C19H21N3O3S/c1-26-16-7-4-14(5-8-16)13-20-15-6-9-18(22(24)25)17(12-15)19(23)21-10-2-3-11-21/h4-9,12,20H,2-3,10-11,13H2,1H3. The first-order valence-electron chi connectivity index (χ1n) is 8.53. The molecule has 1 aliphatic heterocycles. The van der Waals surface area contributed by atoms with Crippen molar-refractivity contribution in [3.63, 3.8) is 0 Å². The summed E-state index contributed by atoms with van der Waals surface area (Å²) in [5, 5.41) is 14.6. The summed E-state index contributed by atoms with van der Waals surface area (Å²) in [6.45, 7) is 1.91. The minimum absolute atomic E-state index is 0.142. The lowest BCUT2D eigenvalue weighted by Gasteiger charge is -2.16. The molecule has 0 radical (unpaired) electrons. The van der Waals surface area contributed by atoms with Gasteiger partial charge >= 0.3 is 0 Å². The Morgan fingerprint density at radius 3 is 2.50 bits per heavy atom. The number of nitro benzene ring substituents is 1. The van der Waals surface area contributed by atoms with Crippen molar-refractivity contribution in [2.75, 3.05) is 24.7 Å². The maximum Gasteiger partial charge on any atom is 0.282 e. The molecule has 2 aromatic carbocycles. The molecule has 7 heteroatoms. The quantitative estimate of drug-likeness (QED) is 0.469. The first-order chi connectivity index (χ1) is 12.6. The lowest BCUT2D eigenvalue weighted by molar-refractivity contribution is -0.385. The highest BCUT2D eigenvalue weighted by Gasteiger charge is 2.26. The number of nitrogens with zero attached hydrogens (tertiary/aromatic N) is 2. The summed E-state index contributed by atoms with van der Waals surface area (Å²) in [5.41, 5.74) is 1.82. The number of nitro groups is 1. The molecular weight excluding hydrogens is 350 g/mol. The Balaban J connectivity index is 1.77. The fourth-order valence-corrected chi connectivity index (χ4v) is 3.42. The van der Waals surface area contributed by atoms with E-state index in [1.807, 2.05) is 18.4 Å². The molecule has 0 bridgehead atoms. The van der Waals surface area contributed by atoms with Crippen LogP contribution in [-0.2, 0) is 6.54 Å². The van der Waals surface area contributed by atoms with Crippen LogP contribution in [0.3, 0.4) is 0 Å². The van der Waals surface area contributed by atoms with Crippen LogP contribution in [-0.4, -0.2) is 35.1 Å². The van der Waals surface area contributed by atoms with Crippen molar-refractivity contribution in [2.45, 2.75) is 24.3 Å². The summed E-state index contributed by atoms with van der Waals surface area (Å²) in [4.78, 5) is 26.4. The van der Waals surface area contributed by atoms with Gasteiger partial charge in [-0.3, -0.25) is 14.9 Å². The zero-order valence-corrected chi connectivity index (χ0v) is 15.4. The van der Waals surface area contributed by atoms with E-state index in [-0.39, 0.29) is 17.2 Å². The number of hydrogen-bond donors (Lipinski definition) is 1. The number of hydrogen-bond acceptors (Lipinski definition) is 5. The lowest BCUT2D eigenvalue weighted by atomic mass is 10.1. The van der Waals surface area contributed by atoms with E-state index in [1.54, 1.807) is 28.8 Å². The Morgan fingerprint density at radius 1 is 1.19 bits per heavy atom. The van der Waals surface area contributed by atoms with Crippen LogP contribution in [0.2, 0.25) is 0 Å². The van der Waals surface area contributed by atoms with Crippen molar-refractivity contribution in [1.82, 2.24) is 4.90 Å². The maximum absolute atomic E-state index is 12.7. The van der Waals surface area contributed by atoms with Crippen molar-refractivity contribution in [3.05, 3.63) is 63.7 Å². The number of amides is 1. The molecular formula is C19H21N3O3S. The van der Waals surface area contributed by atoms with Gasteiger partial charge in [-0.05, 0) is 48.9 Å². The van der Waals surface area contributed by atoms with Crippen LogP contribution in [0.5, 0.6) is 0 Å². The molecule has 1 amide bonds. The second-order valence-corrected chi connectivity index (χ2v) is 7.07. The van der Waals surface area contributed by atoms with Crippen LogP contribution in [0, 0.1) is 10.1 Å². The Morgan fingerprint density at radius 2 is 1.88 bits per heavy atom. The van der Waals surface area contributed by atoms with Crippen molar-refractivity contribution in [1.29, 1.82) is 0 Å². The monoisotopic (exact) mass is 371 g/mol. The van der Waals surface area contributed by atoms with Gasteiger partial charge in [0.15, 0.2) is 0 Å². The van der Waals surface area contributed by atoms with E-state index in [2.05, 4.69) is 17.4 Å².